The number of hydrogen-bond donors (Lipinski definition) is 1. The normalized spacial score (nSPS) is 12.2. The maximum absolute atomic E-state index is 5.81. The van der Waals surface area contributed by atoms with Crippen molar-refractivity contribution in [3.63, 3.8) is 0 Å². The minimum Gasteiger partial charge on any atom is -0.492 e. The van der Waals surface area contributed by atoms with Crippen LogP contribution in [0.4, 0.5) is 0 Å². The third kappa shape index (κ3) is 3.99. The van der Waals surface area contributed by atoms with Crippen LogP contribution >= 0.6 is 15.9 Å². The van der Waals surface area contributed by atoms with Crippen molar-refractivity contribution in [3.8, 4) is 5.75 Å². The molecule has 1 rings (SSSR count). The first kappa shape index (κ1) is 13.3. The summed E-state index contributed by atoms with van der Waals surface area (Å²) in [4.78, 5) is 0. The van der Waals surface area contributed by atoms with Crippen molar-refractivity contribution in [3.05, 3.63) is 40.9 Å². The lowest BCUT2D eigenvalue weighted by atomic mass is 10.1. The topological polar surface area (TPSA) is 35.2 Å². The van der Waals surface area contributed by atoms with E-state index in [1.807, 2.05) is 25.1 Å². The fourth-order valence-corrected chi connectivity index (χ4v) is 1.99. The summed E-state index contributed by atoms with van der Waals surface area (Å²) in [5.41, 5.74) is 6.96. The summed E-state index contributed by atoms with van der Waals surface area (Å²) in [5, 5.41) is 0. The zero-order valence-electron chi connectivity index (χ0n) is 9.58. The summed E-state index contributed by atoms with van der Waals surface area (Å²) < 4.78 is 6.72. The molecular weight excluding hydrogens is 266 g/mol. The van der Waals surface area contributed by atoms with Crippen LogP contribution in [0.3, 0.4) is 0 Å². The molecule has 1 unspecified atom stereocenters. The van der Waals surface area contributed by atoms with Gasteiger partial charge in [-0.05, 0) is 47.3 Å². The third-order valence-corrected chi connectivity index (χ3v) is 2.78. The Kier molecular flexibility index (Phi) is 5.56. The first-order valence-electron chi connectivity index (χ1n) is 5.41. The molecule has 0 aromatic heterocycles. The zero-order valence-corrected chi connectivity index (χ0v) is 11.2. The Morgan fingerprint density at radius 1 is 1.56 bits per heavy atom. The van der Waals surface area contributed by atoms with Crippen molar-refractivity contribution in [2.24, 2.45) is 5.73 Å². The summed E-state index contributed by atoms with van der Waals surface area (Å²) >= 11 is 3.50. The fourth-order valence-electron chi connectivity index (χ4n) is 1.47. The van der Waals surface area contributed by atoms with Gasteiger partial charge in [-0.1, -0.05) is 18.2 Å². The Morgan fingerprint density at radius 2 is 2.31 bits per heavy atom. The van der Waals surface area contributed by atoms with Crippen molar-refractivity contribution in [1.82, 2.24) is 0 Å². The number of nitrogens with two attached hydrogens (primary N) is 1. The number of rotatable bonds is 6. The average Bonchev–Trinajstić information content (AvgIpc) is 2.21. The number of para-hydroxylation sites is 1. The van der Waals surface area contributed by atoms with Crippen molar-refractivity contribution in [2.45, 2.75) is 25.8 Å². The lowest BCUT2D eigenvalue weighted by molar-refractivity contribution is 0.319. The maximum Gasteiger partial charge on any atom is 0.136 e. The molecule has 0 aliphatic carbocycles. The molecule has 0 amide bonds. The van der Waals surface area contributed by atoms with Crippen molar-refractivity contribution in [1.29, 1.82) is 0 Å². The van der Waals surface area contributed by atoms with Crippen LogP contribution in [0.5, 0.6) is 5.75 Å². The molecule has 88 valence electrons. The Morgan fingerprint density at radius 3 is 2.94 bits per heavy atom. The molecule has 3 heteroatoms. The fraction of sp³-hybridized carbons (Fsp3) is 0.385. The summed E-state index contributed by atoms with van der Waals surface area (Å²) in [7, 11) is 0. The molecule has 0 aliphatic heterocycles. The Hall–Kier alpha value is -0.800. The maximum atomic E-state index is 5.81. The standard InChI is InChI=1S/C13H18BrNO/c1-3-4-8-16-13-11(9-10(2)15)6-5-7-12(13)14/h3,5-7,10H,1,4,8-9,15H2,2H3. The molecule has 0 aliphatic rings. The van der Waals surface area contributed by atoms with Gasteiger partial charge in [-0.2, -0.15) is 0 Å². The van der Waals surface area contributed by atoms with E-state index in [4.69, 9.17) is 10.5 Å². The smallest absolute Gasteiger partial charge is 0.136 e. The van der Waals surface area contributed by atoms with Crippen LogP contribution in [-0.2, 0) is 6.42 Å². The average molecular weight is 284 g/mol. The van der Waals surface area contributed by atoms with Gasteiger partial charge < -0.3 is 10.5 Å². The van der Waals surface area contributed by atoms with Crippen LogP contribution in [-0.4, -0.2) is 12.6 Å². The third-order valence-electron chi connectivity index (χ3n) is 2.16. The first-order valence-corrected chi connectivity index (χ1v) is 6.21. The van der Waals surface area contributed by atoms with Gasteiger partial charge in [-0.25, -0.2) is 0 Å². The molecular formula is C13H18BrNO. The minimum atomic E-state index is 0.135. The van der Waals surface area contributed by atoms with Crippen LogP contribution in [0.25, 0.3) is 0 Å². The van der Waals surface area contributed by atoms with E-state index in [0.717, 1.165) is 28.6 Å². The highest BCUT2D eigenvalue weighted by Gasteiger charge is 2.09. The molecule has 0 fully saturated rings. The first-order chi connectivity index (χ1) is 7.65. The van der Waals surface area contributed by atoms with Crippen LogP contribution in [0.15, 0.2) is 35.3 Å². The monoisotopic (exact) mass is 283 g/mol. The van der Waals surface area contributed by atoms with Crippen molar-refractivity contribution < 1.29 is 4.74 Å². The number of ether oxygens (including phenoxy) is 1. The summed E-state index contributed by atoms with van der Waals surface area (Å²) in [5.74, 6) is 0.904. The molecule has 1 aromatic carbocycles. The molecule has 0 bridgehead atoms. The van der Waals surface area contributed by atoms with E-state index in [-0.39, 0.29) is 6.04 Å². The predicted octanol–water partition coefficient (Wildman–Crippen LogP) is 3.29. The van der Waals surface area contributed by atoms with Gasteiger partial charge in [0.05, 0.1) is 11.1 Å². The molecule has 2 nitrogen and oxygen atoms in total. The van der Waals surface area contributed by atoms with E-state index in [9.17, 15) is 0 Å². The van der Waals surface area contributed by atoms with Gasteiger partial charge >= 0.3 is 0 Å². The molecule has 0 spiro atoms. The van der Waals surface area contributed by atoms with Crippen LogP contribution in [0.1, 0.15) is 18.9 Å². The zero-order chi connectivity index (χ0) is 12.0. The molecule has 16 heavy (non-hydrogen) atoms. The minimum absolute atomic E-state index is 0.135. The van der Waals surface area contributed by atoms with Crippen molar-refractivity contribution >= 4 is 15.9 Å². The van der Waals surface area contributed by atoms with E-state index in [1.165, 1.54) is 0 Å². The number of benzene rings is 1. The summed E-state index contributed by atoms with van der Waals surface area (Å²) in [6, 6.07) is 6.17. The largest absolute Gasteiger partial charge is 0.492 e. The van der Waals surface area contributed by atoms with Gasteiger partial charge in [0.2, 0.25) is 0 Å². The van der Waals surface area contributed by atoms with Gasteiger partial charge in [0.1, 0.15) is 5.75 Å². The van der Waals surface area contributed by atoms with Crippen molar-refractivity contribution in [2.75, 3.05) is 6.61 Å². The SMILES string of the molecule is C=CCCOc1c(Br)cccc1CC(C)N. The van der Waals surface area contributed by atoms with E-state index in [1.54, 1.807) is 0 Å². The molecule has 1 atom stereocenters. The number of hydrogen-bond acceptors (Lipinski definition) is 2. The predicted molar refractivity (Wildman–Crippen MR) is 71.8 cm³/mol. The highest BCUT2D eigenvalue weighted by Crippen LogP contribution is 2.29. The molecule has 2 N–H and O–H groups in total. The van der Waals surface area contributed by atoms with Crippen LogP contribution in [0, 0.1) is 0 Å². The highest BCUT2D eigenvalue weighted by atomic mass is 79.9. The highest BCUT2D eigenvalue weighted by molar-refractivity contribution is 9.10. The molecule has 0 saturated heterocycles. The van der Waals surface area contributed by atoms with E-state index in [2.05, 4.69) is 28.6 Å². The van der Waals surface area contributed by atoms with E-state index >= 15 is 0 Å². The quantitative estimate of drug-likeness (QED) is 0.642. The Labute approximate surface area is 106 Å². The van der Waals surface area contributed by atoms with Gasteiger partial charge in [0.25, 0.3) is 0 Å². The van der Waals surface area contributed by atoms with Gasteiger partial charge in [-0.3, -0.25) is 0 Å². The van der Waals surface area contributed by atoms with Crippen LogP contribution < -0.4 is 10.5 Å². The lowest BCUT2D eigenvalue weighted by Crippen LogP contribution is -2.18. The lowest BCUT2D eigenvalue weighted by Gasteiger charge is -2.14. The summed E-state index contributed by atoms with van der Waals surface area (Å²) in [6.07, 6.45) is 3.52. The number of halogens is 1. The van der Waals surface area contributed by atoms with Gasteiger partial charge in [0.15, 0.2) is 0 Å². The Bertz CT molecular complexity index is 350. The van der Waals surface area contributed by atoms with Crippen LogP contribution in [0.2, 0.25) is 0 Å². The second-order valence-corrected chi connectivity index (χ2v) is 4.69. The summed E-state index contributed by atoms with van der Waals surface area (Å²) in [6.45, 7) is 6.32. The molecule has 0 saturated carbocycles. The molecule has 0 heterocycles. The second-order valence-electron chi connectivity index (χ2n) is 3.84. The van der Waals surface area contributed by atoms with Gasteiger partial charge in [0, 0.05) is 6.04 Å². The molecule has 0 radical (unpaired) electrons. The second kappa shape index (κ2) is 6.71. The van der Waals surface area contributed by atoms with E-state index in [0.29, 0.717) is 6.61 Å². The molecule has 1 aromatic rings. The Balaban J connectivity index is 2.81. The van der Waals surface area contributed by atoms with E-state index < -0.39 is 0 Å². The van der Waals surface area contributed by atoms with Gasteiger partial charge in [-0.15, -0.1) is 6.58 Å².